The molecule has 0 bridgehead atoms. The van der Waals surface area contributed by atoms with Crippen molar-refractivity contribution in [1.29, 1.82) is 0 Å². The predicted molar refractivity (Wildman–Crippen MR) is 103 cm³/mol. The molecule has 0 aliphatic carbocycles. The molecule has 27 heavy (non-hydrogen) atoms. The van der Waals surface area contributed by atoms with Gasteiger partial charge in [0.1, 0.15) is 0 Å². The molecule has 9 heteroatoms. The lowest BCUT2D eigenvalue weighted by Crippen LogP contribution is -1.99. The van der Waals surface area contributed by atoms with Crippen molar-refractivity contribution in [1.82, 2.24) is 4.98 Å². The molecule has 0 saturated carbocycles. The number of non-ortho nitro benzene ring substituents is 1. The topological polar surface area (TPSA) is 98.9 Å². The van der Waals surface area contributed by atoms with E-state index in [1.54, 1.807) is 12.1 Å². The average Bonchev–Trinajstić information content (AvgIpc) is 3.35. The predicted octanol–water partition coefficient (Wildman–Crippen LogP) is 4.28. The van der Waals surface area contributed by atoms with E-state index in [4.69, 9.17) is 9.47 Å². The maximum absolute atomic E-state index is 10.7. The molecular formula is C18H14N4O4S. The van der Waals surface area contributed by atoms with Crippen molar-refractivity contribution in [2.45, 2.75) is 6.92 Å². The van der Waals surface area contributed by atoms with E-state index in [9.17, 15) is 10.1 Å². The number of fused-ring (bicyclic) bond motifs is 1. The zero-order chi connectivity index (χ0) is 18.8. The summed E-state index contributed by atoms with van der Waals surface area (Å²) < 4.78 is 10.7. The van der Waals surface area contributed by atoms with Crippen LogP contribution in [0, 0.1) is 10.1 Å². The van der Waals surface area contributed by atoms with Gasteiger partial charge in [-0.3, -0.25) is 15.5 Å². The molecule has 8 nitrogen and oxygen atoms in total. The summed E-state index contributed by atoms with van der Waals surface area (Å²) in [6.45, 7) is 2.12. The van der Waals surface area contributed by atoms with E-state index in [1.165, 1.54) is 23.5 Å². The van der Waals surface area contributed by atoms with Crippen LogP contribution in [0.4, 0.5) is 10.8 Å². The highest BCUT2D eigenvalue weighted by Gasteiger charge is 2.14. The Labute approximate surface area is 158 Å². The Morgan fingerprint density at radius 1 is 1.22 bits per heavy atom. The zero-order valence-electron chi connectivity index (χ0n) is 14.2. The molecule has 0 unspecified atom stereocenters. The van der Waals surface area contributed by atoms with Crippen molar-refractivity contribution >= 4 is 27.9 Å². The van der Waals surface area contributed by atoms with Crippen LogP contribution in [0.15, 0.2) is 52.9 Å². The third-order valence-electron chi connectivity index (χ3n) is 3.99. The van der Waals surface area contributed by atoms with Crippen LogP contribution in [0.25, 0.3) is 11.3 Å². The standard InChI is InChI=1S/C18H14N4O4S/c1-11(13-4-7-16-17(8-13)26-10-25-16)20-21-18-19-15(9-27-18)12-2-5-14(6-3-12)22(23)24/h2-9H,10H2,1H3,(H,19,21)/b20-11+. The first-order valence-electron chi connectivity index (χ1n) is 8.01. The number of rotatable bonds is 5. The SMILES string of the molecule is C/C(=N\Nc1nc(-c2ccc([N+](=O)[O-])cc2)cs1)c1ccc2c(c1)OCO2. The lowest BCUT2D eigenvalue weighted by Gasteiger charge is -2.03. The van der Waals surface area contributed by atoms with Crippen molar-refractivity contribution < 1.29 is 14.4 Å². The van der Waals surface area contributed by atoms with Crippen molar-refractivity contribution in [2.75, 3.05) is 12.2 Å². The summed E-state index contributed by atoms with van der Waals surface area (Å²) in [5.74, 6) is 1.43. The number of benzene rings is 2. The van der Waals surface area contributed by atoms with Gasteiger partial charge in [-0.1, -0.05) is 0 Å². The minimum Gasteiger partial charge on any atom is -0.454 e. The highest BCUT2D eigenvalue weighted by Crippen LogP contribution is 2.32. The Hall–Kier alpha value is -3.46. The molecule has 1 N–H and O–H groups in total. The highest BCUT2D eigenvalue weighted by atomic mass is 32.1. The van der Waals surface area contributed by atoms with Crippen molar-refractivity contribution in [2.24, 2.45) is 5.10 Å². The van der Waals surface area contributed by atoms with Gasteiger partial charge in [-0.25, -0.2) is 4.98 Å². The number of hydrazone groups is 1. The minimum atomic E-state index is -0.425. The summed E-state index contributed by atoms with van der Waals surface area (Å²) >= 11 is 1.40. The Morgan fingerprint density at radius 3 is 2.78 bits per heavy atom. The van der Waals surface area contributed by atoms with Gasteiger partial charge in [0.05, 0.1) is 16.3 Å². The summed E-state index contributed by atoms with van der Waals surface area (Å²) in [7, 11) is 0. The molecular weight excluding hydrogens is 368 g/mol. The summed E-state index contributed by atoms with van der Waals surface area (Å²) in [6.07, 6.45) is 0. The molecule has 4 rings (SSSR count). The number of nitro benzene ring substituents is 1. The van der Waals surface area contributed by atoms with Crippen LogP contribution < -0.4 is 14.9 Å². The third-order valence-corrected chi connectivity index (χ3v) is 4.73. The van der Waals surface area contributed by atoms with Gasteiger partial charge >= 0.3 is 0 Å². The van der Waals surface area contributed by atoms with E-state index >= 15 is 0 Å². The Morgan fingerprint density at radius 2 is 2.00 bits per heavy atom. The first kappa shape index (κ1) is 17.0. The molecule has 3 aromatic rings. The molecule has 0 radical (unpaired) electrons. The van der Waals surface area contributed by atoms with E-state index < -0.39 is 4.92 Å². The van der Waals surface area contributed by atoms with Crippen LogP contribution in [0.1, 0.15) is 12.5 Å². The van der Waals surface area contributed by atoms with Gasteiger partial charge in [0.2, 0.25) is 11.9 Å². The summed E-state index contributed by atoms with van der Waals surface area (Å²) in [5.41, 5.74) is 6.23. The minimum absolute atomic E-state index is 0.0521. The van der Waals surface area contributed by atoms with Crippen LogP contribution in [0.3, 0.4) is 0 Å². The number of hydrogen-bond donors (Lipinski definition) is 1. The second kappa shape index (κ2) is 7.04. The average molecular weight is 382 g/mol. The molecule has 0 amide bonds. The normalized spacial score (nSPS) is 12.9. The van der Waals surface area contributed by atoms with Crippen LogP contribution in [-0.2, 0) is 0 Å². The van der Waals surface area contributed by atoms with Crippen LogP contribution in [0.2, 0.25) is 0 Å². The summed E-state index contributed by atoms with van der Waals surface area (Å²) in [6, 6.07) is 11.9. The van der Waals surface area contributed by atoms with Gasteiger partial charge in [0.15, 0.2) is 11.5 Å². The molecule has 136 valence electrons. The second-order valence-corrected chi connectivity index (χ2v) is 6.58. The van der Waals surface area contributed by atoms with E-state index in [1.807, 2.05) is 30.5 Å². The highest BCUT2D eigenvalue weighted by molar-refractivity contribution is 7.14. The monoisotopic (exact) mass is 382 g/mol. The quantitative estimate of drug-likeness (QED) is 0.402. The van der Waals surface area contributed by atoms with Crippen molar-refractivity contribution in [3.05, 3.63) is 63.5 Å². The van der Waals surface area contributed by atoms with E-state index in [0.717, 1.165) is 28.3 Å². The molecule has 1 aliphatic rings. The number of nitrogens with zero attached hydrogens (tertiary/aromatic N) is 3. The number of anilines is 1. The fraction of sp³-hybridized carbons (Fsp3) is 0.111. The van der Waals surface area contributed by atoms with Gasteiger partial charge in [-0.15, -0.1) is 11.3 Å². The number of ether oxygens (including phenoxy) is 2. The molecule has 1 aliphatic heterocycles. The number of nitrogens with one attached hydrogen (secondary N) is 1. The summed E-state index contributed by atoms with van der Waals surface area (Å²) in [4.78, 5) is 14.8. The molecule has 1 aromatic heterocycles. The first-order valence-corrected chi connectivity index (χ1v) is 8.89. The van der Waals surface area contributed by atoms with Crippen molar-refractivity contribution in [3.63, 3.8) is 0 Å². The molecule has 0 fully saturated rings. The molecule has 2 heterocycles. The van der Waals surface area contributed by atoms with Gasteiger partial charge in [0.25, 0.3) is 5.69 Å². The largest absolute Gasteiger partial charge is 0.454 e. The van der Waals surface area contributed by atoms with Gasteiger partial charge in [-0.05, 0) is 37.3 Å². The maximum atomic E-state index is 10.7. The fourth-order valence-electron chi connectivity index (χ4n) is 2.53. The zero-order valence-corrected chi connectivity index (χ0v) is 15.0. The van der Waals surface area contributed by atoms with E-state index in [2.05, 4.69) is 15.5 Å². The van der Waals surface area contributed by atoms with Crippen LogP contribution in [0.5, 0.6) is 11.5 Å². The Balaban J connectivity index is 1.47. The Kier molecular flexibility index (Phi) is 4.43. The molecule has 2 aromatic carbocycles. The molecule has 0 atom stereocenters. The van der Waals surface area contributed by atoms with Crippen LogP contribution in [-0.4, -0.2) is 22.4 Å². The lowest BCUT2D eigenvalue weighted by molar-refractivity contribution is -0.384. The van der Waals surface area contributed by atoms with Crippen LogP contribution >= 0.6 is 11.3 Å². The van der Waals surface area contributed by atoms with Gasteiger partial charge in [-0.2, -0.15) is 5.10 Å². The maximum Gasteiger partial charge on any atom is 0.269 e. The van der Waals surface area contributed by atoms with Gasteiger partial charge in [0, 0.05) is 28.6 Å². The Bertz CT molecular complexity index is 1030. The fourth-order valence-corrected chi connectivity index (χ4v) is 3.19. The third kappa shape index (κ3) is 3.58. The molecule has 0 spiro atoms. The number of hydrogen-bond acceptors (Lipinski definition) is 8. The number of nitro groups is 1. The number of thiazole rings is 1. The van der Waals surface area contributed by atoms with Crippen molar-refractivity contribution in [3.8, 4) is 22.8 Å². The lowest BCUT2D eigenvalue weighted by atomic mass is 10.1. The smallest absolute Gasteiger partial charge is 0.269 e. The summed E-state index contributed by atoms with van der Waals surface area (Å²) in [5, 5.41) is 17.6. The van der Waals surface area contributed by atoms with Gasteiger partial charge < -0.3 is 9.47 Å². The second-order valence-electron chi connectivity index (χ2n) is 5.72. The number of aromatic nitrogens is 1. The van der Waals surface area contributed by atoms with E-state index in [0.29, 0.717) is 10.9 Å². The molecule has 0 saturated heterocycles. The first-order chi connectivity index (χ1) is 13.1. The van der Waals surface area contributed by atoms with E-state index in [-0.39, 0.29) is 12.5 Å².